The molecule has 1 saturated carbocycles. The Hall–Kier alpha value is -4.05. The second kappa shape index (κ2) is 13.5. The molecule has 3 aromatic carbocycles. The van der Waals surface area contributed by atoms with E-state index in [9.17, 15) is 18.0 Å². The largest absolute Gasteiger partial charge is 0.486 e. The molecule has 9 nitrogen and oxygen atoms in total. The number of hydrogen-bond acceptors (Lipinski definition) is 6. The predicted molar refractivity (Wildman–Crippen MR) is 165 cm³/mol. The Morgan fingerprint density at radius 1 is 0.907 bits per heavy atom. The fraction of sp³-hybridized carbons (Fsp3) is 0.394. The van der Waals surface area contributed by atoms with Gasteiger partial charge in [0.1, 0.15) is 25.8 Å². The van der Waals surface area contributed by atoms with Crippen LogP contribution < -0.4 is 19.1 Å². The monoisotopic (exact) mass is 605 g/mol. The highest BCUT2D eigenvalue weighted by atomic mass is 32.2. The van der Waals surface area contributed by atoms with Gasteiger partial charge in [-0.05, 0) is 62.1 Å². The second-order valence-electron chi connectivity index (χ2n) is 11.1. The van der Waals surface area contributed by atoms with E-state index in [-0.39, 0.29) is 29.1 Å². The minimum atomic E-state index is -4.17. The van der Waals surface area contributed by atoms with Crippen molar-refractivity contribution in [1.29, 1.82) is 0 Å². The molecule has 10 heteroatoms. The Morgan fingerprint density at radius 3 is 2.30 bits per heavy atom. The fourth-order valence-electron chi connectivity index (χ4n) is 5.56. The standard InChI is InChI=1S/C33H39N3O6S/c1-24-11-9-10-12-26(24)22-35(25(2)33(38)34-27-13-5-3-6-14-27)32(37)23-36(43(39,40)29-15-7-4-8-16-29)28-17-18-30-31(21-28)42-20-19-41-30/h4,7-12,15-18,21,25,27H,3,5-6,13-14,19-20,22-23H2,1-2H3,(H,34,38)/t25-/m0/s1. The molecule has 1 N–H and O–H groups in total. The molecule has 228 valence electrons. The van der Waals surface area contributed by atoms with Crippen LogP contribution in [-0.4, -0.2) is 57.0 Å². The van der Waals surface area contributed by atoms with E-state index in [1.54, 1.807) is 43.3 Å². The molecular weight excluding hydrogens is 566 g/mol. The van der Waals surface area contributed by atoms with Crippen LogP contribution in [0.1, 0.15) is 50.2 Å². The summed E-state index contributed by atoms with van der Waals surface area (Å²) in [5.41, 5.74) is 2.11. The molecule has 0 bridgehead atoms. The molecule has 0 saturated heterocycles. The first-order valence-corrected chi connectivity index (χ1v) is 16.3. The van der Waals surface area contributed by atoms with Gasteiger partial charge < -0.3 is 19.7 Å². The van der Waals surface area contributed by atoms with Gasteiger partial charge in [0.25, 0.3) is 10.0 Å². The van der Waals surface area contributed by atoms with Crippen molar-refractivity contribution in [3.63, 3.8) is 0 Å². The van der Waals surface area contributed by atoms with E-state index < -0.39 is 28.5 Å². The SMILES string of the molecule is Cc1ccccc1CN(C(=O)CN(c1ccc2c(c1)OCCO2)S(=O)(=O)c1ccccc1)[C@@H](C)C(=O)NC1CCCCC1. The van der Waals surface area contributed by atoms with Gasteiger partial charge in [0.2, 0.25) is 11.8 Å². The number of nitrogens with one attached hydrogen (secondary N) is 1. The second-order valence-corrected chi connectivity index (χ2v) is 13.0. The van der Waals surface area contributed by atoms with Crippen molar-refractivity contribution in [2.24, 2.45) is 0 Å². The highest BCUT2D eigenvalue weighted by Gasteiger charge is 2.34. The number of fused-ring (bicyclic) bond motifs is 1. The van der Waals surface area contributed by atoms with Crippen LogP contribution in [0.15, 0.2) is 77.7 Å². The molecule has 1 fully saturated rings. The van der Waals surface area contributed by atoms with E-state index in [4.69, 9.17) is 9.47 Å². The summed E-state index contributed by atoms with van der Waals surface area (Å²) in [5, 5.41) is 3.13. The van der Waals surface area contributed by atoms with Gasteiger partial charge in [-0.1, -0.05) is 61.7 Å². The summed E-state index contributed by atoms with van der Waals surface area (Å²) in [5.74, 6) is 0.170. The highest BCUT2D eigenvalue weighted by molar-refractivity contribution is 7.92. The Balaban J connectivity index is 1.49. The van der Waals surface area contributed by atoms with Crippen LogP contribution in [0.2, 0.25) is 0 Å². The van der Waals surface area contributed by atoms with E-state index in [1.165, 1.54) is 17.0 Å². The van der Waals surface area contributed by atoms with E-state index >= 15 is 0 Å². The molecule has 2 amide bonds. The lowest BCUT2D eigenvalue weighted by Crippen LogP contribution is -2.53. The van der Waals surface area contributed by atoms with Gasteiger partial charge in [-0.15, -0.1) is 0 Å². The maximum Gasteiger partial charge on any atom is 0.264 e. The maximum atomic E-state index is 14.2. The lowest BCUT2D eigenvalue weighted by atomic mass is 9.95. The number of anilines is 1. The van der Waals surface area contributed by atoms with Crippen LogP contribution >= 0.6 is 0 Å². The first-order chi connectivity index (χ1) is 20.7. The van der Waals surface area contributed by atoms with Gasteiger partial charge >= 0.3 is 0 Å². The number of nitrogens with zero attached hydrogens (tertiary/aromatic N) is 2. The molecule has 1 atom stereocenters. The van der Waals surface area contributed by atoms with Gasteiger partial charge in [0, 0.05) is 18.7 Å². The zero-order valence-electron chi connectivity index (χ0n) is 24.7. The molecular formula is C33H39N3O6S. The average Bonchev–Trinajstić information content (AvgIpc) is 3.03. The normalized spacial score (nSPS) is 15.8. The molecule has 43 heavy (non-hydrogen) atoms. The van der Waals surface area contributed by atoms with E-state index in [2.05, 4.69) is 5.32 Å². The average molecular weight is 606 g/mol. The Morgan fingerprint density at radius 2 is 1.58 bits per heavy atom. The minimum Gasteiger partial charge on any atom is -0.486 e. The number of carbonyl (C=O) groups excluding carboxylic acids is 2. The number of rotatable bonds is 10. The summed E-state index contributed by atoms with van der Waals surface area (Å²) < 4.78 is 40.5. The van der Waals surface area contributed by atoms with Crippen LogP contribution in [0.4, 0.5) is 5.69 Å². The van der Waals surface area contributed by atoms with Crippen LogP contribution in [0.3, 0.4) is 0 Å². The summed E-state index contributed by atoms with van der Waals surface area (Å²) in [6, 6.07) is 19.8. The molecule has 2 aliphatic rings. The molecule has 0 unspecified atom stereocenters. The van der Waals surface area contributed by atoms with Crippen molar-refractivity contribution in [3.8, 4) is 11.5 Å². The summed E-state index contributed by atoms with van der Waals surface area (Å²) in [7, 11) is -4.17. The Bertz CT molecular complexity index is 1540. The zero-order chi connectivity index (χ0) is 30.4. The zero-order valence-corrected chi connectivity index (χ0v) is 25.5. The van der Waals surface area contributed by atoms with Crippen LogP contribution in [0, 0.1) is 6.92 Å². The van der Waals surface area contributed by atoms with Crippen molar-refractivity contribution in [2.75, 3.05) is 24.1 Å². The van der Waals surface area contributed by atoms with Crippen LogP contribution in [-0.2, 0) is 26.2 Å². The van der Waals surface area contributed by atoms with E-state index in [0.717, 1.165) is 47.5 Å². The highest BCUT2D eigenvalue weighted by Crippen LogP contribution is 2.36. The smallest absolute Gasteiger partial charge is 0.264 e. The molecule has 5 rings (SSSR count). The molecule has 3 aromatic rings. The predicted octanol–water partition coefficient (Wildman–Crippen LogP) is 4.83. The molecule has 0 aromatic heterocycles. The number of hydrogen-bond donors (Lipinski definition) is 1. The summed E-state index contributed by atoms with van der Waals surface area (Å²) >= 11 is 0. The van der Waals surface area contributed by atoms with Crippen molar-refractivity contribution in [2.45, 2.75) is 69.5 Å². The molecule has 0 spiro atoms. The van der Waals surface area contributed by atoms with Crippen molar-refractivity contribution in [3.05, 3.63) is 83.9 Å². The number of benzene rings is 3. The first-order valence-electron chi connectivity index (χ1n) is 14.9. The van der Waals surface area contributed by atoms with Crippen molar-refractivity contribution >= 4 is 27.5 Å². The first kappa shape index (κ1) is 30.4. The number of amides is 2. The molecule has 0 radical (unpaired) electrons. The van der Waals surface area contributed by atoms with Crippen LogP contribution in [0.5, 0.6) is 11.5 Å². The summed E-state index contributed by atoms with van der Waals surface area (Å²) in [6.45, 7) is 4.03. The number of carbonyl (C=O) groups is 2. The lowest BCUT2D eigenvalue weighted by molar-refractivity contribution is -0.139. The van der Waals surface area contributed by atoms with Gasteiger partial charge in [0.05, 0.1) is 10.6 Å². The van der Waals surface area contributed by atoms with E-state index in [1.807, 2.05) is 31.2 Å². The number of ether oxygens (including phenoxy) is 2. The third-order valence-corrected chi connectivity index (χ3v) is 9.93. The number of sulfonamides is 1. The van der Waals surface area contributed by atoms with Gasteiger partial charge in [-0.2, -0.15) is 0 Å². The third-order valence-electron chi connectivity index (χ3n) is 8.14. The lowest BCUT2D eigenvalue weighted by Gasteiger charge is -2.33. The Kier molecular flexibility index (Phi) is 9.55. The van der Waals surface area contributed by atoms with Gasteiger partial charge in [0.15, 0.2) is 11.5 Å². The molecule has 1 aliphatic carbocycles. The Labute approximate surface area is 253 Å². The van der Waals surface area contributed by atoms with Gasteiger partial charge in [-0.3, -0.25) is 13.9 Å². The van der Waals surface area contributed by atoms with Crippen LogP contribution in [0.25, 0.3) is 0 Å². The quantitative estimate of drug-likeness (QED) is 0.355. The van der Waals surface area contributed by atoms with Crippen molar-refractivity contribution < 1.29 is 27.5 Å². The van der Waals surface area contributed by atoms with Crippen molar-refractivity contribution in [1.82, 2.24) is 10.2 Å². The third kappa shape index (κ3) is 7.13. The summed E-state index contributed by atoms with van der Waals surface area (Å²) in [4.78, 5) is 29.3. The topological polar surface area (TPSA) is 105 Å². The molecule has 1 aliphatic heterocycles. The number of aryl methyl sites for hydroxylation is 1. The maximum absolute atomic E-state index is 14.2. The fourth-order valence-corrected chi connectivity index (χ4v) is 6.99. The minimum absolute atomic E-state index is 0.0474. The van der Waals surface area contributed by atoms with E-state index in [0.29, 0.717) is 24.7 Å². The van der Waals surface area contributed by atoms with Gasteiger partial charge in [-0.25, -0.2) is 8.42 Å². The molecule has 1 heterocycles. The summed E-state index contributed by atoms with van der Waals surface area (Å²) in [6.07, 6.45) is 5.11.